The Balaban J connectivity index is 2.38. The first-order valence-corrected chi connectivity index (χ1v) is 7.58. The maximum Gasteiger partial charge on any atom is 0.126 e. The van der Waals surface area contributed by atoms with Gasteiger partial charge in [0.25, 0.3) is 0 Å². The Morgan fingerprint density at radius 2 is 2.37 bits per heavy atom. The Morgan fingerprint density at radius 1 is 1.58 bits per heavy atom. The molecule has 0 saturated carbocycles. The number of nitrogens with one attached hydrogen (secondary N) is 1. The highest BCUT2D eigenvalue weighted by molar-refractivity contribution is 7.99. The molecule has 1 fully saturated rings. The molecule has 0 aromatic heterocycles. The van der Waals surface area contributed by atoms with Gasteiger partial charge in [-0.05, 0) is 24.8 Å². The van der Waals surface area contributed by atoms with Crippen molar-refractivity contribution in [1.82, 2.24) is 0 Å². The highest BCUT2D eigenvalue weighted by Gasteiger charge is 2.21. The Morgan fingerprint density at radius 3 is 3.00 bits per heavy atom. The molecule has 4 nitrogen and oxygen atoms in total. The summed E-state index contributed by atoms with van der Waals surface area (Å²) in [5.74, 6) is 1.12. The normalized spacial score (nSPS) is 19.5. The summed E-state index contributed by atoms with van der Waals surface area (Å²) in [5.41, 5.74) is 7.72. The summed E-state index contributed by atoms with van der Waals surface area (Å²) in [6, 6.07) is 6.13. The summed E-state index contributed by atoms with van der Waals surface area (Å²) in [7, 11) is 0. The topological polar surface area (TPSA) is 62.3 Å². The van der Waals surface area contributed by atoms with Crippen LogP contribution in [0.2, 0.25) is 0 Å². The lowest BCUT2D eigenvalue weighted by Crippen LogP contribution is -2.42. The zero-order chi connectivity index (χ0) is 13.8. The van der Waals surface area contributed by atoms with Crippen LogP contribution in [0.15, 0.2) is 23.1 Å². The molecule has 0 radical (unpaired) electrons. The van der Waals surface area contributed by atoms with Crippen molar-refractivity contribution in [3.8, 4) is 0 Å². The van der Waals surface area contributed by atoms with E-state index in [1.54, 1.807) is 11.8 Å². The molecular formula is C14H21N3OS. The molecule has 1 saturated heterocycles. The molecule has 1 unspecified atom stereocenters. The van der Waals surface area contributed by atoms with Crippen LogP contribution in [0.1, 0.15) is 19.4 Å². The van der Waals surface area contributed by atoms with Crippen molar-refractivity contribution in [2.45, 2.75) is 24.8 Å². The maximum absolute atomic E-state index is 7.87. The van der Waals surface area contributed by atoms with E-state index >= 15 is 0 Å². The largest absolute Gasteiger partial charge is 0.384 e. The number of amidine groups is 1. The van der Waals surface area contributed by atoms with E-state index in [-0.39, 0.29) is 11.9 Å². The second-order valence-electron chi connectivity index (χ2n) is 4.62. The molecule has 0 spiro atoms. The number of hydrogen-bond acceptors (Lipinski definition) is 4. The number of nitrogen functional groups attached to an aromatic ring is 1. The lowest BCUT2D eigenvalue weighted by molar-refractivity contribution is 0.0532. The predicted octanol–water partition coefficient (Wildman–Crippen LogP) is 2.31. The third-order valence-electron chi connectivity index (χ3n) is 3.16. The van der Waals surface area contributed by atoms with Gasteiger partial charge in [0.1, 0.15) is 5.84 Å². The summed E-state index contributed by atoms with van der Waals surface area (Å²) in [6.07, 6.45) is 0.219. The van der Waals surface area contributed by atoms with Gasteiger partial charge in [0.05, 0.1) is 18.3 Å². The van der Waals surface area contributed by atoms with Crippen molar-refractivity contribution in [3.63, 3.8) is 0 Å². The van der Waals surface area contributed by atoms with Gasteiger partial charge in [-0.3, -0.25) is 5.41 Å². The van der Waals surface area contributed by atoms with Crippen LogP contribution < -0.4 is 10.6 Å². The van der Waals surface area contributed by atoms with Crippen molar-refractivity contribution in [2.24, 2.45) is 5.73 Å². The molecule has 1 aromatic carbocycles. The molecule has 1 atom stereocenters. The van der Waals surface area contributed by atoms with E-state index in [9.17, 15) is 0 Å². The van der Waals surface area contributed by atoms with E-state index in [2.05, 4.69) is 24.8 Å². The Hall–Kier alpha value is -1.20. The number of ether oxygens (including phenoxy) is 1. The molecular weight excluding hydrogens is 258 g/mol. The number of rotatable bonds is 4. The number of hydrogen-bond donors (Lipinski definition) is 2. The number of nitrogens with zero attached hydrogens (tertiary/aromatic N) is 1. The molecule has 1 heterocycles. The van der Waals surface area contributed by atoms with E-state index in [1.807, 2.05) is 12.1 Å². The summed E-state index contributed by atoms with van der Waals surface area (Å²) in [4.78, 5) is 3.36. The highest BCUT2D eigenvalue weighted by atomic mass is 32.2. The van der Waals surface area contributed by atoms with E-state index in [0.29, 0.717) is 0 Å². The SMILES string of the molecule is CCSc1cccc(N2CCOC(C)C2)c1C(=N)N. The Bertz CT molecular complexity index is 464. The van der Waals surface area contributed by atoms with Crippen molar-refractivity contribution < 1.29 is 4.74 Å². The minimum absolute atomic E-state index is 0.144. The molecule has 3 N–H and O–H groups in total. The second kappa shape index (κ2) is 6.30. The van der Waals surface area contributed by atoms with Crippen LogP contribution in [0.5, 0.6) is 0 Å². The lowest BCUT2D eigenvalue weighted by Gasteiger charge is -2.34. The van der Waals surface area contributed by atoms with Crippen LogP contribution >= 0.6 is 11.8 Å². The molecule has 0 bridgehead atoms. The van der Waals surface area contributed by atoms with Crippen molar-refractivity contribution in [2.75, 3.05) is 30.3 Å². The van der Waals surface area contributed by atoms with E-state index in [4.69, 9.17) is 15.9 Å². The average Bonchev–Trinajstić information content (AvgIpc) is 2.38. The predicted molar refractivity (Wildman–Crippen MR) is 81.5 cm³/mol. The van der Waals surface area contributed by atoms with Crippen LogP contribution in [-0.2, 0) is 4.74 Å². The first-order chi connectivity index (χ1) is 9.13. The van der Waals surface area contributed by atoms with Crippen molar-refractivity contribution >= 4 is 23.3 Å². The number of benzene rings is 1. The third-order valence-corrected chi connectivity index (χ3v) is 4.10. The minimum Gasteiger partial charge on any atom is -0.384 e. The summed E-state index contributed by atoms with van der Waals surface area (Å²) >= 11 is 1.73. The van der Waals surface area contributed by atoms with Crippen LogP contribution in [0.3, 0.4) is 0 Å². The van der Waals surface area contributed by atoms with Gasteiger partial charge < -0.3 is 15.4 Å². The van der Waals surface area contributed by atoms with Gasteiger partial charge in [0, 0.05) is 23.7 Å². The van der Waals surface area contributed by atoms with Gasteiger partial charge in [-0.15, -0.1) is 11.8 Å². The summed E-state index contributed by atoms with van der Waals surface area (Å²) in [5, 5.41) is 7.87. The number of anilines is 1. The molecule has 19 heavy (non-hydrogen) atoms. The standard InChI is InChI=1S/C14H21N3OS/c1-3-19-12-6-4-5-11(13(12)14(15)16)17-7-8-18-10(2)9-17/h4-6,10H,3,7-9H2,1-2H3,(H3,15,16). The molecule has 1 aromatic rings. The van der Waals surface area contributed by atoms with Crippen molar-refractivity contribution in [3.05, 3.63) is 23.8 Å². The minimum atomic E-state index is 0.144. The maximum atomic E-state index is 7.87. The third kappa shape index (κ3) is 3.22. The van der Waals surface area contributed by atoms with Gasteiger partial charge >= 0.3 is 0 Å². The first kappa shape index (κ1) is 14.2. The van der Waals surface area contributed by atoms with Gasteiger partial charge in [0.15, 0.2) is 0 Å². The number of nitrogens with two attached hydrogens (primary N) is 1. The monoisotopic (exact) mass is 279 g/mol. The Labute approximate surface area is 118 Å². The zero-order valence-corrected chi connectivity index (χ0v) is 12.3. The highest BCUT2D eigenvalue weighted by Crippen LogP contribution is 2.31. The van der Waals surface area contributed by atoms with E-state index in [1.165, 1.54) is 0 Å². The smallest absolute Gasteiger partial charge is 0.126 e. The van der Waals surface area contributed by atoms with Gasteiger partial charge in [-0.2, -0.15) is 0 Å². The van der Waals surface area contributed by atoms with E-state index < -0.39 is 0 Å². The zero-order valence-electron chi connectivity index (χ0n) is 11.5. The molecule has 1 aliphatic rings. The van der Waals surface area contributed by atoms with Gasteiger partial charge in [-0.25, -0.2) is 0 Å². The van der Waals surface area contributed by atoms with E-state index in [0.717, 1.165) is 41.6 Å². The Kier molecular flexibility index (Phi) is 4.71. The summed E-state index contributed by atoms with van der Waals surface area (Å²) in [6.45, 7) is 6.61. The molecule has 104 valence electrons. The molecule has 0 amide bonds. The fraction of sp³-hybridized carbons (Fsp3) is 0.500. The fourth-order valence-electron chi connectivity index (χ4n) is 2.37. The first-order valence-electron chi connectivity index (χ1n) is 6.60. The summed E-state index contributed by atoms with van der Waals surface area (Å²) < 4.78 is 5.58. The molecule has 0 aliphatic carbocycles. The number of morpholine rings is 1. The number of thioether (sulfide) groups is 1. The molecule has 5 heteroatoms. The van der Waals surface area contributed by atoms with Gasteiger partial charge in [-0.1, -0.05) is 13.0 Å². The van der Waals surface area contributed by atoms with Crippen LogP contribution in [0, 0.1) is 5.41 Å². The quantitative estimate of drug-likeness (QED) is 0.504. The van der Waals surface area contributed by atoms with Crippen LogP contribution in [-0.4, -0.2) is 37.4 Å². The van der Waals surface area contributed by atoms with Crippen LogP contribution in [0.4, 0.5) is 5.69 Å². The average molecular weight is 279 g/mol. The molecule has 1 aliphatic heterocycles. The van der Waals surface area contributed by atoms with Gasteiger partial charge in [0.2, 0.25) is 0 Å². The van der Waals surface area contributed by atoms with Crippen molar-refractivity contribution in [1.29, 1.82) is 5.41 Å². The van der Waals surface area contributed by atoms with Crippen LogP contribution in [0.25, 0.3) is 0 Å². The molecule has 2 rings (SSSR count). The second-order valence-corrected chi connectivity index (χ2v) is 5.93. The fourth-order valence-corrected chi connectivity index (χ4v) is 3.21. The lowest BCUT2D eigenvalue weighted by atomic mass is 10.1.